The smallest absolute Gasteiger partial charge is 0.408 e. The monoisotopic (exact) mass is 1410 g/mol. The van der Waals surface area contributed by atoms with Gasteiger partial charge in [0.25, 0.3) is 11.5 Å². The number of rotatable bonds is 8. The van der Waals surface area contributed by atoms with Crippen molar-refractivity contribution in [3.05, 3.63) is 65.2 Å². The maximum atomic E-state index is 14.6. The predicted octanol–water partition coefficient (Wildman–Crippen LogP) is 5.33. The normalized spacial score (nSPS) is 26.1. The van der Waals surface area contributed by atoms with Crippen molar-refractivity contribution in [2.24, 2.45) is 11.8 Å². The molecule has 40 heteroatoms. The SMILES string of the molecule is CC(C)C(=O)Nc1nc2c(ncn2[C@@H]2O[C@@H]3COP(=O)(O)OC4[C@@H](COP(C)(=O)O[C@H]2C3O[Si](C)(C)C(C)(C)C)O[C@@H](n2cnc3c(NC(=O)c5ccccc5)ncnc32)[C@H]4C)c(=O)[nH]1.S=S=S=S=S=S=S=S=S=S=S=S=S=S. The zero-order valence-electron chi connectivity index (χ0n) is 42.8. The molecule has 434 valence electrons. The van der Waals surface area contributed by atoms with E-state index in [1.54, 1.807) is 144 Å². The van der Waals surface area contributed by atoms with Gasteiger partial charge in [0, 0.05) is 153 Å². The molecule has 4 N–H and O–H groups in total. The van der Waals surface area contributed by atoms with E-state index in [2.05, 4.69) is 40.5 Å². The maximum absolute atomic E-state index is 14.6. The highest BCUT2D eigenvalue weighted by Gasteiger charge is 2.56. The molecule has 0 saturated carbocycles. The highest BCUT2D eigenvalue weighted by molar-refractivity contribution is 8.76. The second-order valence-corrected chi connectivity index (χ2v) is 48.3. The third kappa shape index (κ3) is 17.1. The van der Waals surface area contributed by atoms with Gasteiger partial charge in [0.05, 0.1) is 25.9 Å². The Morgan fingerprint density at radius 3 is 2.00 bits per heavy atom. The molecule has 1 aromatic carbocycles. The van der Waals surface area contributed by atoms with Gasteiger partial charge in [-0.05, 0) is 30.3 Å². The van der Waals surface area contributed by atoms with Gasteiger partial charge >= 0.3 is 15.4 Å². The molecule has 3 saturated heterocycles. The first-order chi connectivity index (χ1) is 37.4. The van der Waals surface area contributed by atoms with Crippen molar-refractivity contribution in [1.29, 1.82) is 0 Å². The average molecular weight is 1410 g/mol. The van der Waals surface area contributed by atoms with Crippen LogP contribution in [0.5, 0.6) is 0 Å². The number of anilines is 2. The quantitative estimate of drug-likeness (QED) is 0.113. The van der Waals surface area contributed by atoms with Crippen molar-refractivity contribution in [3.63, 3.8) is 0 Å². The molecule has 5 aromatic rings. The summed E-state index contributed by atoms with van der Waals surface area (Å²) < 4.78 is 75.6. The molecule has 0 radical (unpaired) electrons. The van der Waals surface area contributed by atoms with Crippen LogP contribution in [0, 0.1) is 11.8 Å². The molecule has 4 aromatic heterocycles. The summed E-state index contributed by atoms with van der Waals surface area (Å²) >= 11 is 9.43. The number of hydrogen-bond acceptors (Lipinski definition) is 19. The molecule has 0 spiro atoms. The van der Waals surface area contributed by atoms with Crippen LogP contribution in [0.1, 0.15) is 64.4 Å². The molecule has 79 heavy (non-hydrogen) atoms. The Kier molecular flexibility index (Phi) is 23.9. The van der Waals surface area contributed by atoms with Gasteiger partial charge in [-0.2, -0.15) is 4.98 Å². The van der Waals surface area contributed by atoms with Gasteiger partial charge in [0.1, 0.15) is 43.1 Å². The molecule has 4 unspecified atom stereocenters. The number of aromatic nitrogens is 8. The molecule has 7 heterocycles. The number of H-pyrrole nitrogens is 1. The number of nitrogens with zero attached hydrogens (tertiary/aromatic N) is 7. The summed E-state index contributed by atoms with van der Waals surface area (Å²) in [5.74, 6) is -1.97. The van der Waals surface area contributed by atoms with Crippen molar-refractivity contribution in [3.8, 4) is 0 Å². The van der Waals surface area contributed by atoms with Crippen molar-refractivity contribution >= 4 is 199 Å². The first-order valence-corrected chi connectivity index (χ1v) is 46.8. The summed E-state index contributed by atoms with van der Waals surface area (Å²) in [5, 5.41) is 4.99. The largest absolute Gasteiger partial charge is 0.472 e. The zero-order valence-corrected chi connectivity index (χ0v) is 57.0. The molecule has 2 amide bonds. The fourth-order valence-corrected chi connectivity index (χ4v) is 38.5. The zero-order chi connectivity index (χ0) is 57.3. The number of amides is 2. The van der Waals surface area contributed by atoms with E-state index in [9.17, 15) is 28.4 Å². The molecular formula is C39H52N10O13P2S14Si. The highest BCUT2D eigenvalue weighted by Crippen LogP contribution is 2.56. The van der Waals surface area contributed by atoms with Crippen LogP contribution in [0.25, 0.3) is 22.3 Å². The third-order valence-electron chi connectivity index (χ3n) is 12.3. The standard InChI is InChI=1S/C39H52N10O13P2Si.S14/c1-20(2)33(50)46-38-45-32-26(35(52)47-38)43-19-49(32)37-29-28(62-65(8,9)39(4,5)6)24(59-37)16-57-64(54,55)61-27-21(3)36(58-23(27)15-56-63(7,53)60-29)48-18-42-25-30(40-17-41-31(25)48)44-34(51)22-13-11-10-12-14-22;1-3-5-7-9-11-13-14-12-10-8-6-4-2/h10-14,17-21,23-24,27-29,36-37H,15-16H2,1-9H3,(H,54,55)(H,40,41,44,51)(H2,45,46,47,50,52);/t21-,23+,24+,27?,28?,29-,36+,37+,63?;/m0./s1. The fraction of sp³-hybridized carbons (Fsp3) is 0.538. The number of fused-ring (bicyclic) bond motifs is 5. The summed E-state index contributed by atoms with van der Waals surface area (Å²) in [7, 11) is 8.01. The Bertz CT molecular complexity index is 3780. The van der Waals surface area contributed by atoms with E-state index in [0.717, 1.165) is 0 Å². The van der Waals surface area contributed by atoms with E-state index in [1.165, 1.54) is 48.0 Å². The van der Waals surface area contributed by atoms with E-state index in [1.807, 2.05) is 33.9 Å². The van der Waals surface area contributed by atoms with Crippen LogP contribution in [0.3, 0.4) is 0 Å². The molecule has 23 nitrogen and oxygen atoms in total. The summed E-state index contributed by atoms with van der Waals surface area (Å²) in [5.41, 5.74) is 0.139. The average Bonchev–Trinajstić information content (AvgIpc) is 4.38. The number of phosphoric ester groups is 1. The topological polar surface area (TPSA) is 284 Å². The van der Waals surface area contributed by atoms with Crippen LogP contribution in [-0.2, 0) is 175 Å². The number of carbonyl (C=O) groups is 2. The van der Waals surface area contributed by atoms with Crippen LogP contribution in [0.4, 0.5) is 11.8 Å². The highest BCUT2D eigenvalue weighted by atomic mass is 33.5. The summed E-state index contributed by atoms with van der Waals surface area (Å²) in [4.78, 5) is 74.6. The summed E-state index contributed by atoms with van der Waals surface area (Å²) in [6, 6.07) is 8.57. The Hall–Kier alpha value is -1.50. The van der Waals surface area contributed by atoms with Gasteiger partial charge in [0.15, 0.2) is 42.7 Å². The number of aromatic amines is 1. The minimum Gasteiger partial charge on any atom is -0.408 e. The molecule has 10 atom stereocenters. The lowest BCUT2D eigenvalue weighted by Gasteiger charge is -2.40. The number of phosphoric acid groups is 1. The number of hydrogen-bond donors (Lipinski definition) is 4. The molecule has 2 bridgehead atoms. The van der Waals surface area contributed by atoms with Gasteiger partial charge in [-0.3, -0.25) is 52.0 Å². The number of carbonyl (C=O) groups excluding carboxylic acids is 2. The van der Waals surface area contributed by atoms with Gasteiger partial charge < -0.3 is 28.6 Å². The first kappa shape index (κ1) is 65.0. The molecular weight excluding hydrogens is 1360 g/mol. The van der Waals surface area contributed by atoms with E-state index in [-0.39, 0.29) is 39.1 Å². The van der Waals surface area contributed by atoms with Gasteiger partial charge in [-0.25, -0.2) is 24.5 Å². The van der Waals surface area contributed by atoms with Crippen LogP contribution in [-0.4, -0.2) is 114 Å². The molecule has 3 aliphatic heterocycles. The van der Waals surface area contributed by atoms with Crippen LogP contribution in [0.2, 0.25) is 18.1 Å². The van der Waals surface area contributed by atoms with Crippen LogP contribution >= 0.6 is 15.4 Å². The Morgan fingerprint density at radius 1 is 0.810 bits per heavy atom. The van der Waals surface area contributed by atoms with Crippen LogP contribution in [0.15, 0.2) is 54.1 Å². The Balaban J connectivity index is 0.000000568. The van der Waals surface area contributed by atoms with E-state index < -0.39 is 109 Å². The second-order valence-electron chi connectivity index (χ2n) is 18.9. The fourth-order valence-electron chi connectivity index (χ4n) is 7.59. The van der Waals surface area contributed by atoms with Gasteiger partial charge in [0.2, 0.25) is 11.9 Å². The second kappa shape index (κ2) is 29.1. The lowest BCUT2D eigenvalue weighted by Crippen LogP contribution is -2.50. The van der Waals surface area contributed by atoms with Gasteiger partial charge in [-0.15, -0.1) is 0 Å². The molecule has 3 fully saturated rings. The number of ether oxygens (including phenoxy) is 2. The van der Waals surface area contributed by atoms with Crippen molar-refractivity contribution < 1.29 is 55.6 Å². The molecule has 8 rings (SSSR count). The Labute approximate surface area is 498 Å². The van der Waals surface area contributed by atoms with Crippen molar-refractivity contribution in [2.45, 2.75) is 103 Å². The number of nitrogens with one attached hydrogen (secondary N) is 3. The minimum absolute atomic E-state index is 0.0200. The Morgan fingerprint density at radius 2 is 1.39 bits per heavy atom. The van der Waals surface area contributed by atoms with Crippen molar-refractivity contribution in [1.82, 2.24) is 39.0 Å². The summed E-state index contributed by atoms with van der Waals surface area (Å²) in [6.45, 7) is 15.3. The summed E-state index contributed by atoms with van der Waals surface area (Å²) in [6.07, 6.45) is -4.15. The van der Waals surface area contributed by atoms with E-state index in [0.29, 0.717) is 5.56 Å². The van der Waals surface area contributed by atoms with Crippen molar-refractivity contribution in [2.75, 3.05) is 30.5 Å². The minimum atomic E-state index is -4.98. The lowest BCUT2D eigenvalue weighted by molar-refractivity contribution is -0.118. The third-order valence-corrected chi connectivity index (χ3v) is 43.4. The van der Waals surface area contributed by atoms with E-state index in [4.69, 9.17) is 54.4 Å². The first-order valence-electron chi connectivity index (χ1n) is 23.1. The molecule has 0 aliphatic carbocycles. The number of imidazole rings is 2. The van der Waals surface area contributed by atoms with E-state index >= 15 is 0 Å². The number of benzene rings is 1. The maximum Gasteiger partial charge on any atom is 0.472 e. The molecule has 3 aliphatic rings. The predicted molar refractivity (Wildman–Crippen MR) is 339 cm³/mol. The van der Waals surface area contributed by atoms with Gasteiger partial charge in [-0.1, -0.05) is 59.7 Å². The van der Waals surface area contributed by atoms with Crippen LogP contribution < -0.4 is 16.2 Å². The lowest BCUT2D eigenvalue weighted by atomic mass is 10.0.